The van der Waals surface area contributed by atoms with Gasteiger partial charge in [-0.1, -0.05) is 0 Å². The highest BCUT2D eigenvalue weighted by molar-refractivity contribution is 9.10. The molecule has 0 saturated heterocycles. The number of hydrogen-bond donors (Lipinski definition) is 1. The Hall–Kier alpha value is -1.17. The zero-order valence-corrected chi connectivity index (χ0v) is 8.64. The number of esters is 1. The van der Waals surface area contributed by atoms with Crippen LogP contribution >= 0.6 is 15.9 Å². The molecule has 0 saturated carbocycles. The molecule has 1 aromatic rings. The van der Waals surface area contributed by atoms with Crippen molar-refractivity contribution in [2.75, 3.05) is 7.11 Å². The lowest BCUT2D eigenvalue weighted by Gasteiger charge is -2.00. The summed E-state index contributed by atoms with van der Waals surface area (Å²) in [5.41, 5.74) is -0.231. The Morgan fingerprint density at radius 2 is 2.23 bits per heavy atom. The number of rotatable bonds is 1. The number of carbonyl (C=O) groups excluding carboxylic acids is 1. The summed E-state index contributed by atoms with van der Waals surface area (Å²) in [5, 5.41) is 0. The normalized spacial score (nSPS) is 9.77. The highest BCUT2D eigenvalue weighted by atomic mass is 79.9. The van der Waals surface area contributed by atoms with Crippen molar-refractivity contribution in [2.45, 2.75) is 6.92 Å². The molecule has 0 bridgehead atoms. The van der Waals surface area contributed by atoms with Gasteiger partial charge in [-0.15, -0.1) is 0 Å². The molecule has 0 radical (unpaired) electrons. The van der Waals surface area contributed by atoms with Crippen LogP contribution in [0.15, 0.2) is 9.40 Å². The fourth-order valence-corrected chi connectivity index (χ4v) is 1.03. The van der Waals surface area contributed by atoms with E-state index in [1.54, 1.807) is 6.92 Å². The molecule has 0 aliphatic heterocycles. The quantitative estimate of drug-likeness (QED) is 0.738. The van der Waals surface area contributed by atoms with Crippen molar-refractivity contribution >= 4 is 21.9 Å². The van der Waals surface area contributed by atoms with E-state index in [-0.39, 0.29) is 5.69 Å². The van der Waals surface area contributed by atoms with Crippen molar-refractivity contribution in [3.8, 4) is 0 Å². The molecular formula is C7H7BrN2O3. The number of H-pyrrole nitrogens is 1. The number of aromatic amines is 1. The highest BCUT2D eigenvalue weighted by Crippen LogP contribution is 2.07. The van der Waals surface area contributed by atoms with Gasteiger partial charge in [0.1, 0.15) is 4.60 Å². The molecule has 0 spiro atoms. The molecule has 1 N–H and O–H groups in total. The number of nitrogens with zero attached hydrogens (tertiary/aromatic N) is 1. The van der Waals surface area contributed by atoms with Gasteiger partial charge < -0.3 is 9.72 Å². The van der Waals surface area contributed by atoms with Crippen LogP contribution in [0, 0.1) is 6.92 Å². The number of aryl methyl sites for hydroxylation is 1. The molecular weight excluding hydrogens is 240 g/mol. The van der Waals surface area contributed by atoms with Crippen LogP contribution in [-0.4, -0.2) is 23.0 Å². The molecule has 5 nitrogen and oxygen atoms in total. The van der Waals surface area contributed by atoms with E-state index in [2.05, 4.69) is 30.6 Å². The first-order chi connectivity index (χ1) is 6.06. The molecule has 0 aliphatic rings. The van der Waals surface area contributed by atoms with Crippen molar-refractivity contribution in [1.29, 1.82) is 0 Å². The van der Waals surface area contributed by atoms with Crippen LogP contribution in [-0.2, 0) is 4.74 Å². The van der Waals surface area contributed by atoms with E-state index in [0.717, 1.165) is 0 Å². The van der Waals surface area contributed by atoms with Crippen LogP contribution in [0.4, 0.5) is 0 Å². The monoisotopic (exact) mass is 246 g/mol. The summed E-state index contributed by atoms with van der Waals surface area (Å²) in [6, 6.07) is 0. The summed E-state index contributed by atoms with van der Waals surface area (Å²) in [6.07, 6.45) is 0. The zero-order chi connectivity index (χ0) is 10.0. The van der Waals surface area contributed by atoms with Crippen molar-refractivity contribution in [3.63, 3.8) is 0 Å². The predicted octanol–water partition coefficient (Wildman–Crippen LogP) is 0.627. The second-order valence-corrected chi connectivity index (χ2v) is 3.07. The fourth-order valence-electron chi connectivity index (χ4n) is 0.749. The van der Waals surface area contributed by atoms with E-state index in [1.807, 2.05) is 0 Å². The van der Waals surface area contributed by atoms with Crippen LogP contribution in [0.3, 0.4) is 0 Å². The maximum absolute atomic E-state index is 11.2. The third-order valence-corrected chi connectivity index (χ3v) is 2.19. The van der Waals surface area contributed by atoms with Crippen LogP contribution in [0.1, 0.15) is 16.2 Å². The Morgan fingerprint density at radius 3 is 2.77 bits per heavy atom. The van der Waals surface area contributed by atoms with Gasteiger partial charge in [-0.05, 0) is 22.9 Å². The maximum Gasteiger partial charge on any atom is 0.362 e. The van der Waals surface area contributed by atoms with E-state index >= 15 is 0 Å². The lowest BCUT2D eigenvalue weighted by molar-refractivity contribution is 0.0591. The van der Waals surface area contributed by atoms with E-state index in [9.17, 15) is 9.59 Å². The molecule has 6 heteroatoms. The minimum atomic E-state index is -0.748. The number of carbonyl (C=O) groups is 1. The van der Waals surface area contributed by atoms with Gasteiger partial charge in [0, 0.05) is 5.69 Å². The topological polar surface area (TPSA) is 72.0 Å². The molecule has 13 heavy (non-hydrogen) atoms. The second kappa shape index (κ2) is 3.69. The van der Waals surface area contributed by atoms with Crippen LogP contribution < -0.4 is 5.56 Å². The zero-order valence-electron chi connectivity index (χ0n) is 7.05. The number of aromatic nitrogens is 2. The minimum Gasteiger partial charge on any atom is -0.464 e. The average Bonchev–Trinajstić information content (AvgIpc) is 2.10. The molecule has 0 aromatic carbocycles. The van der Waals surface area contributed by atoms with Gasteiger partial charge in [-0.25, -0.2) is 9.78 Å². The van der Waals surface area contributed by atoms with Crippen LogP contribution in [0.5, 0.6) is 0 Å². The second-order valence-electron chi connectivity index (χ2n) is 2.32. The summed E-state index contributed by atoms with van der Waals surface area (Å²) < 4.78 is 4.79. The predicted molar refractivity (Wildman–Crippen MR) is 48.6 cm³/mol. The van der Waals surface area contributed by atoms with E-state index in [4.69, 9.17) is 0 Å². The van der Waals surface area contributed by atoms with E-state index in [1.165, 1.54) is 7.11 Å². The molecule has 0 amide bonds. The fraction of sp³-hybridized carbons (Fsp3) is 0.286. The first-order valence-corrected chi connectivity index (χ1v) is 4.20. The SMILES string of the molecule is COC(=O)c1nc(Br)c(C)[nH]c1=O. The lowest BCUT2D eigenvalue weighted by atomic mass is 10.4. The molecule has 1 aromatic heterocycles. The van der Waals surface area contributed by atoms with Crippen molar-refractivity contribution in [1.82, 2.24) is 9.97 Å². The maximum atomic E-state index is 11.2. The van der Waals surface area contributed by atoms with Crippen LogP contribution in [0.2, 0.25) is 0 Å². The Labute approximate surface area is 82.3 Å². The van der Waals surface area contributed by atoms with Crippen molar-refractivity contribution in [2.24, 2.45) is 0 Å². The average molecular weight is 247 g/mol. The first-order valence-electron chi connectivity index (χ1n) is 3.41. The third-order valence-electron chi connectivity index (χ3n) is 1.41. The summed E-state index contributed by atoms with van der Waals surface area (Å²) in [7, 11) is 1.19. The summed E-state index contributed by atoms with van der Waals surface area (Å²) in [4.78, 5) is 28.3. The Bertz CT molecular complexity index is 399. The Kier molecular flexibility index (Phi) is 2.82. The molecule has 1 rings (SSSR count). The molecule has 0 fully saturated rings. The molecule has 1 heterocycles. The summed E-state index contributed by atoms with van der Waals surface area (Å²) in [5.74, 6) is -0.748. The largest absolute Gasteiger partial charge is 0.464 e. The number of halogens is 1. The van der Waals surface area contributed by atoms with Gasteiger partial charge in [0.25, 0.3) is 5.56 Å². The molecule has 0 aliphatic carbocycles. The third kappa shape index (κ3) is 1.95. The molecule has 0 atom stereocenters. The number of hydrogen-bond acceptors (Lipinski definition) is 4. The summed E-state index contributed by atoms with van der Waals surface area (Å²) >= 11 is 3.09. The Balaban J connectivity index is 3.32. The minimum absolute atomic E-state index is 0.250. The number of methoxy groups -OCH3 is 1. The number of ether oxygens (including phenoxy) is 1. The lowest BCUT2D eigenvalue weighted by Crippen LogP contribution is -2.22. The van der Waals surface area contributed by atoms with Crippen LogP contribution in [0.25, 0.3) is 0 Å². The molecule has 0 unspecified atom stereocenters. The van der Waals surface area contributed by atoms with Gasteiger partial charge in [0.15, 0.2) is 0 Å². The van der Waals surface area contributed by atoms with E-state index < -0.39 is 11.5 Å². The van der Waals surface area contributed by atoms with Crippen molar-refractivity contribution in [3.05, 3.63) is 26.3 Å². The van der Waals surface area contributed by atoms with E-state index in [0.29, 0.717) is 10.3 Å². The van der Waals surface area contributed by atoms with Gasteiger partial charge in [0.05, 0.1) is 7.11 Å². The van der Waals surface area contributed by atoms with Gasteiger partial charge in [0.2, 0.25) is 5.69 Å². The Morgan fingerprint density at radius 1 is 1.62 bits per heavy atom. The van der Waals surface area contributed by atoms with Gasteiger partial charge >= 0.3 is 5.97 Å². The van der Waals surface area contributed by atoms with Crippen molar-refractivity contribution < 1.29 is 9.53 Å². The highest BCUT2D eigenvalue weighted by Gasteiger charge is 2.14. The molecule has 70 valence electrons. The van der Waals surface area contributed by atoms with Gasteiger partial charge in [-0.3, -0.25) is 4.79 Å². The standard InChI is InChI=1S/C7H7BrN2O3/c1-3-5(8)10-4(6(11)9-3)7(12)13-2/h1-2H3,(H,9,11). The van der Waals surface area contributed by atoms with Gasteiger partial charge in [-0.2, -0.15) is 0 Å². The number of nitrogens with one attached hydrogen (secondary N) is 1. The summed E-state index contributed by atoms with van der Waals surface area (Å²) in [6.45, 7) is 1.67. The smallest absolute Gasteiger partial charge is 0.362 e. The first kappa shape index (κ1) is 9.91.